The lowest BCUT2D eigenvalue weighted by Gasteiger charge is -2.23. The first-order valence-electron chi connectivity index (χ1n) is 11.5. The van der Waals surface area contributed by atoms with Crippen LogP contribution in [0, 0.1) is 0 Å². The van der Waals surface area contributed by atoms with E-state index in [0.29, 0.717) is 0 Å². The van der Waals surface area contributed by atoms with Gasteiger partial charge in [0.05, 0.1) is 0 Å². The summed E-state index contributed by atoms with van der Waals surface area (Å²) in [6, 6.07) is 41.1. The van der Waals surface area contributed by atoms with E-state index < -0.39 is 0 Å². The molecule has 0 aliphatic carbocycles. The summed E-state index contributed by atoms with van der Waals surface area (Å²) in [5, 5.41) is 6.29. The van der Waals surface area contributed by atoms with Gasteiger partial charge in [-0.05, 0) is 56.6 Å². The molecule has 0 saturated carbocycles. The molecule has 0 unspecified atom stereocenters. The maximum Gasteiger partial charge on any atom is 0.0463 e. The molecule has 0 saturated heterocycles. The molecule has 0 radical (unpaired) electrons. The minimum Gasteiger partial charge on any atom is -0.355 e. The molecule has 1 heteroatoms. The first kappa shape index (κ1) is 21.0. The number of hydrogen-bond donors (Lipinski definition) is 1. The van der Waals surface area contributed by atoms with Gasteiger partial charge < -0.3 is 5.32 Å². The molecule has 0 heterocycles. The molecule has 5 aromatic rings. The number of fused-ring (bicyclic) bond motifs is 1. The molecule has 0 bridgehead atoms. The first-order chi connectivity index (χ1) is 16.0. The van der Waals surface area contributed by atoms with Crippen LogP contribution in [0.25, 0.3) is 33.0 Å². The van der Waals surface area contributed by atoms with Crippen molar-refractivity contribution >= 4 is 22.1 Å². The fraction of sp³-hybridized carbons (Fsp3) is 0.125. The molecular weight excluding hydrogens is 398 g/mol. The molecule has 162 valence electrons. The van der Waals surface area contributed by atoms with Crippen molar-refractivity contribution in [1.29, 1.82) is 0 Å². The number of nitrogens with one attached hydrogen (secondary N) is 1. The molecule has 0 spiro atoms. The Kier molecular flexibility index (Phi) is 5.48. The van der Waals surface area contributed by atoms with Crippen molar-refractivity contribution in [3.05, 3.63) is 121 Å². The molecule has 33 heavy (non-hydrogen) atoms. The summed E-state index contributed by atoms with van der Waals surface area (Å²) >= 11 is 0. The Morgan fingerprint density at radius 2 is 1.18 bits per heavy atom. The molecule has 1 nitrogen and oxygen atoms in total. The number of benzene rings is 5. The maximum atomic E-state index is 3.66. The molecule has 0 atom stereocenters. The number of anilines is 2. The average Bonchev–Trinajstić information content (AvgIpc) is 2.84. The second kappa shape index (κ2) is 8.60. The summed E-state index contributed by atoms with van der Waals surface area (Å²) in [6.07, 6.45) is 0. The van der Waals surface area contributed by atoms with E-state index in [1.54, 1.807) is 0 Å². The molecule has 0 aliphatic rings. The Bertz CT molecular complexity index is 1410. The van der Waals surface area contributed by atoms with E-state index in [4.69, 9.17) is 0 Å². The average molecular weight is 428 g/mol. The van der Waals surface area contributed by atoms with Crippen LogP contribution in [0.4, 0.5) is 11.4 Å². The van der Waals surface area contributed by atoms with Crippen molar-refractivity contribution in [1.82, 2.24) is 0 Å². The van der Waals surface area contributed by atoms with Crippen LogP contribution in [0.5, 0.6) is 0 Å². The standard InChI is InChI=1S/C32H29N/c1-32(2,3)30-21-20-26(28-17-7-8-18-29(28)30)24-14-11-15-25(22-24)33-31-19-10-9-16-27(31)23-12-5-4-6-13-23/h4-22,33H,1-3H3. The van der Waals surface area contributed by atoms with Gasteiger partial charge in [0.1, 0.15) is 0 Å². The van der Waals surface area contributed by atoms with Crippen LogP contribution in [0.1, 0.15) is 26.3 Å². The van der Waals surface area contributed by atoms with Gasteiger partial charge >= 0.3 is 0 Å². The highest BCUT2D eigenvalue weighted by Gasteiger charge is 2.18. The van der Waals surface area contributed by atoms with E-state index in [0.717, 1.165) is 11.4 Å². The van der Waals surface area contributed by atoms with Crippen molar-refractivity contribution in [2.24, 2.45) is 0 Å². The van der Waals surface area contributed by atoms with E-state index in [-0.39, 0.29) is 5.41 Å². The summed E-state index contributed by atoms with van der Waals surface area (Å²) < 4.78 is 0. The second-order valence-corrected chi connectivity index (χ2v) is 9.57. The van der Waals surface area contributed by atoms with Crippen LogP contribution in [0.15, 0.2) is 115 Å². The SMILES string of the molecule is CC(C)(C)c1ccc(-c2cccc(Nc3ccccc3-c3ccccc3)c2)c2ccccc12. The fourth-order valence-corrected chi connectivity index (χ4v) is 4.59. The molecule has 0 aromatic heterocycles. The monoisotopic (exact) mass is 427 g/mol. The third-order valence-corrected chi connectivity index (χ3v) is 6.20. The normalized spacial score (nSPS) is 11.5. The second-order valence-electron chi connectivity index (χ2n) is 9.57. The number of hydrogen-bond acceptors (Lipinski definition) is 1. The van der Waals surface area contributed by atoms with Gasteiger partial charge in [-0.3, -0.25) is 0 Å². The van der Waals surface area contributed by atoms with Crippen LogP contribution < -0.4 is 5.32 Å². The summed E-state index contributed by atoms with van der Waals surface area (Å²) in [4.78, 5) is 0. The minimum atomic E-state index is 0.0999. The third-order valence-electron chi connectivity index (χ3n) is 6.20. The van der Waals surface area contributed by atoms with Gasteiger partial charge in [0.25, 0.3) is 0 Å². The number of para-hydroxylation sites is 1. The van der Waals surface area contributed by atoms with E-state index in [1.165, 1.54) is 38.6 Å². The zero-order chi connectivity index (χ0) is 22.8. The molecule has 0 aliphatic heterocycles. The highest BCUT2D eigenvalue weighted by Crippen LogP contribution is 2.37. The zero-order valence-electron chi connectivity index (χ0n) is 19.5. The van der Waals surface area contributed by atoms with Crippen LogP contribution in [-0.4, -0.2) is 0 Å². The quantitative estimate of drug-likeness (QED) is 0.301. The van der Waals surface area contributed by atoms with Crippen LogP contribution in [0.3, 0.4) is 0 Å². The van der Waals surface area contributed by atoms with Gasteiger partial charge in [0.2, 0.25) is 0 Å². The first-order valence-corrected chi connectivity index (χ1v) is 11.5. The Balaban J connectivity index is 1.56. The fourth-order valence-electron chi connectivity index (χ4n) is 4.59. The third kappa shape index (κ3) is 4.27. The van der Waals surface area contributed by atoms with E-state index in [1.807, 2.05) is 0 Å². The van der Waals surface area contributed by atoms with Gasteiger partial charge in [-0.15, -0.1) is 0 Å². The van der Waals surface area contributed by atoms with Crippen molar-refractivity contribution in [2.45, 2.75) is 26.2 Å². The highest BCUT2D eigenvalue weighted by molar-refractivity contribution is 5.99. The molecular formula is C32H29N. The summed E-state index contributed by atoms with van der Waals surface area (Å²) in [6.45, 7) is 6.84. The number of rotatable bonds is 4. The largest absolute Gasteiger partial charge is 0.355 e. The predicted octanol–water partition coefficient (Wildman–Crippen LogP) is 9.21. The zero-order valence-corrected chi connectivity index (χ0v) is 19.5. The van der Waals surface area contributed by atoms with Crippen LogP contribution >= 0.6 is 0 Å². The Labute approximate surface area is 196 Å². The molecule has 0 fully saturated rings. The summed E-state index contributed by atoms with van der Waals surface area (Å²) in [5.74, 6) is 0. The smallest absolute Gasteiger partial charge is 0.0463 e. The Hall–Kier alpha value is -3.84. The van der Waals surface area contributed by atoms with Gasteiger partial charge in [-0.2, -0.15) is 0 Å². The van der Waals surface area contributed by atoms with Crippen molar-refractivity contribution in [3.63, 3.8) is 0 Å². The van der Waals surface area contributed by atoms with Crippen molar-refractivity contribution < 1.29 is 0 Å². The molecule has 5 aromatic carbocycles. The van der Waals surface area contributed by atoms with Crippen molar-refractivity contribution in [2.75, 3.05) is 5.32 Å². The summed E-state index contributed by atoms with van der Waals surface area (Å²) in [7, 11) is 0. The maximum absolute atomic E-state index is 3.66. The van der Waals surface area contributed by atoms with Gasteiger partial charge in [-0.1, -0.05) is 118 Å². The van der Waals surface area contributed by atoms with Crippen LogP contribution in [0.2, 0.25) is 0 Å². The molecule has 0 amide bonds. The topological polar surface area (TPSA) is 12.0 Å². The Morgan fingerprint density at radius 3 is 1.97 bits per heavy atom. The molecule has 5 rings (SSSR count). The lowest BCUT2D eigenvalue weighted by atomic mass is 9.82. The van der Waals surface area contributed by atoms with Gasteiger partial charge in [0, 0.05) is 16.9 Å². The lowest BCUT2D eigenvalue weighted by molar-refractivity contribution is 0.596. The van der Waals surface area contributed by atoms with Crippen LogP contribution in [-0.2, 0) is 5.41 Å². The molecule has 1 N–H and O–H groups in total. The minimum absolute atomic E-state index is 0.0999. The van der Waals surface area contributed by atoms with E-state index in [2.05, 4.69) is 141 Å². The van der Waals surface area contributed by atoms with E-state index >= 15 is 0 Å². The van der Waals surface area contributed by atoms with Gasteiger partial charge in [-0.25, -0.2) is 0 Å². The highest BCUT2D eigenvalue weighted by atomic mass is 14.9. The summed E-state index contributed by atoms with van der Waals surface area (Å²) in [5.41, 5.74) is 8.56. The predicted molar refractivity (Wildman–Crippen MR) is 143 cm³/mol. The Morgan fingerprint density at radius 1 is 0.515 bits per heavy atom. The van der Waals surface area contributed by atoms with Crippen molar-refractivity contribution in [3.8, 4) is 22.3 Å². The van der Waals surface area contributed by atoms with Gasteiger partial charge in [0.15, 0.2) is 0 Å². The lowest BCUT2D eigenvalue weighted by Crippen LogP contribution is -2.11. The van der Waals surface area contributed by atoms with E-state index in [9.17, 15) is 0 Å².